The second-order valence-corrected chi connectivity index (χ2v) is 3.82. The number of carbonyl (C=O) groups is 1. The van der Waals surface area contributed by atoms with Crippen LogP contribution in [0.1, 0.15) is 19.8 Å². The molecule has 2 aliphatic heterocycles. The molecular weight excluding hydrogens is 166 g/mol. The molecule has 0 aromatic carbocycles. The Morgan fingerprint density at radius 3 is 2.92 bits per heavy atom. The van der Waals surface area contributed by atoms with E-state index in [1.807, 2.05) is 0 Å². The number of allylic oxidation sites excluding steroid dienone is 2. The lowest BCUT2D eigenvalue weighted by atomic mass is 10.1. The van der Waals surface area contributed by atoms with E-state index < -0.39 is 0 Å². The number of fused-ring (bicyclic) bond motifs is 1. The fourth-order valence-electron chi connectivity index (χ4n) is 1.96. The lowest BCUT2D eigenvalue weighted by molar-refractivity contribution is -0.972. The molecule has 2 aliphatic rings. The average Bonchev–Trinajstić information content (AvgIpc) is 2.73. The first-order valence-electron chi connectivity index (χ1n) is 4.50. The number of piperidine rings is 1. The molecule has 2 saturated heterocycles. The number of ketones is 1. The van der Waals surface area contributed by atoms with Crippen LogP contribution in [0.3, 0.4) is 0 Å². The van der Waals surface area contributed by atoms with Gasteiger partial charge >= 0.3 is 0 Å². The van der Waals surface area contributed by atoms with Crippen molar-refractivity contribution in [3.63, 3.8) is 0 Å². The van der Waals surface area contributed by atoms with Gasteiger partial charge in [-0.1, -0.05) is 11.2 Å². The van der Waals surface area contributed by atoms with Crippen molar-refractivity contribution in [2.45, 2.75) is 25.8 Å². The summed E-state index contributed by atoms with van der Waals surface area (Å²) in [5.74, 6) is 0.951. The third-order valence-electron chi connectivity index (χ3n) is 2.70. The Labute approximate surface area is 77.8 Å². The molecule has 0 amide bonds. The zero-order valence-corrected chi connectivity index (χ0v) is 7.88. The van der Waals surface area contributed by atoms with Crippen molar-refractivity contribution in [3.8, 4) is 0 Å². The lowest BCUT2D eigenvalue weighted by Gasteiger charge is -2.23. The van der Waals surface area contributed by atoms with Gasteiger partial charge in [0.15, 0.2) is 12.3 Å². The SMILES string of the molecule is C=C(C)O[N+]12CC1C(=O)CCC2=C. The molecule has 2 rings (SSSR count). The number of quaternary nitrogens is 1. The van der Waals surface area contributed by atoms with E-state index >= 15 is 0 Å². The summed E-state index contributed by atoms with van der Waals surface area (Å²) in [4.78, 5) is 17.0. The minimum Gasteiger partial charge on any atom is -0.315 e. The summed E-state index contributed by atoms with van der Waals surface area (Å²) in [5.41, 5.74) is 1.01. The third-order valence-corrected chi connectivity index (χ3v) is 2.70. The van der Waals surface area contributed by atoms with Gasteiger partial charge in [-0.05, 0) is 13.5 Å². The molecule has 0 aromatic rings. The average molecular weight is 180 g/mol. The fraction of sp³-hybridized carbons (Fsp3) is 0.500. The highest BCUT2D eigenvalue weighted by Crippen LogP contribution is 2.45. The molecule has 0 bridgehead atoms. The molecule has 2 unspecified atom stereocenters. The van der Waals surface area contributed by atoms with E-state index in [1.54, 1.807) is 6.92 Å². The summed E-state index contributed by atoms with van der Waals surface area (Å²) in [6.45, 7) is 10.2. The smallest absolute Gasteiger partial charge is 0.244 e. The third kappa shape index (κ3) is 1.11. The summed E-state index contributed by atoms with van der Waals surface area (Å²) in [5, 5.41) is 0. The summed E-state index contributed by atoms with van der Waals surface area (Å²) < 4.78 is 0.328. The van der Waals surface area contributed by atoms with E-state index in [0.29, 0.717) is 22.6 Å². The predicted octanol–water partition coefficient (Wildman–Crippen LogP) is 1.53. The monoisotopic (exact) mass is 180 g/mol. The first kappa shape index (κ1) is 8.51. The van der Waals surface area contributed by atoms with Crippen LogP contribution in [-0.4, -0.2) is 23.0 Å². The molecule has 0 aliphatic carbocycles. The number of hydrogen-bond donors (Lipinski definition) is 0. The number of hydroxylamine groups is 3. The Balaban J connectivity index is 2.19. The molecule has 3 nitrogen and oxygen atoms in total. The number of rotatable bonds is 2. The first-order chi connectivity index (χ1) is 6.06. The van der Waals surface area contributed by atoms with Crippen LogP contribution in [0.25, 0.3) is 0 Å². The van der Waals surface area contributed by atoms with Crippen molar-refractivity contribution in [1.29, 1.82) is 0 Å². The van der Waals surface area contributed by atoms with Gasteiger partial charge < -0.3 is 4.84 Å². The highest BCUT2D eigenvalue weighted by molar-refractivity contribution is 5.86. The maximum Gasteiger partial charge on any atom is 0.244 e. The molecule has 2 fully saturated rings. The van der Waals surface area contributed by atoms with Crippen molar-refractivity contribution >= 4 is 5.78 Å². The summed E-state index contributed by atoms with van der Waals surface area (Å²) in [6.07, 6.45) is 1.38. The normalized spacial score (nSPS) is 36.8. The lowest BCUT2D eigenvalue weighted by Crippen LogP contribution is -2.34. The minimum absolute atomic E-state index is 0.0120. The quantitative estimate of drug-likeness (QED) is 0.366. The van der Waals surface area contributed by atoms with Crippen LogP contribution in [0.5, 0.6) is 0 Å². The van der Waals surface area contributed by atoms with E-state index in [1.165, 1.54) is 0 Å². The topological polar surface area (TPSA) is 26.3 Å². The van der Waals surface area contributed by atoms with Gasteiger partial charge in [0, 0.05) is 12.8 Å². The Hall–Kier alpha value is -1.09. The van der Waals surface area contributed by atoms with Gasteiger partial charge in [0.2, 0.25) is 11.8 Å². The molecule has 0 N–H and O–H groups in total. The fourth-order valence-corrected chi connectivity index (χ4v) is 1.96. The second kappa shape index (κ2) is 2.45. The van der Waals surface area contributed by atoms with Gasteiger partial charge in [-0.15, -0.1) is 0 Å². The molecule has 2 heterocycles. The Kier molecular flexibility index (Phi) is 1.60. The van der Waals surface area contributed by atoms with E-state index in [-0.39, 0.29) is 6.04 Å². The number of carbonyl (C=O) groups excluding carboxylic acids is 1. The molecule has 2 atom stereocenters. The zero-order valence-electron chi connectivity index (χ0n) is 7.88. The molecule has 0 saturated carbocycles. The van der Waals surface area contributed by atoms with Crippen LogP contribution in [-0.2, 0) is 9.63 Å². The van der Waals surface area contributed by atoms with Crippen LogP contribution in [0.4, 0.5) is 0 Å². The Morgan fingerprint density at radius 2 is 2.31 bits per heavy atom. The van der Waals surface area contributed by atoms with Crippen molar-refractivity contribution in [2.24, 2.45) is 0 Å². The summed E-state index contributed by atoms with van der Waals surface area (Å²) >= 11 is 0. The van der Waals surface area contributed by atoms with Crippen LogP contribution in [0.2, 0.25) is 0 Å². The Bertz CT molecular complexity index is 308. The van der Waals surface area contributed by atoms with E-state index in [9.17, 15) is 4.79 Å². The molecular formula is C10H14NO2+. The number of nitrogens with zero attached hydrogens (tertiary/aromatic N) is 1. The molecule has 3 heteroatoms. The van der Waals surface area contributed by atoms with Crippen molar-refractivity contribution in [1.82, 2.24) is 0 Å². The highest BCUT2D eigenvalue weighted by atomic mass is 16.7. The molecule has 0 spiro atoms. The van der Waals surface area contributed by atoms with E-state index in [4.69, 9.17) is 4.84 Å². The largest absolute Gasteiger partial charge is 0.315 e. The minimum atomic E-state index is 0.0120. The molecule has 70 valence electrons. The van der Waals surface area contributed by atoms with Gasteiger partial charge in [-0.25, -0.2) is 0 Å². The standard InChI is InChI=1S/C10H14NO2/c1-7(2)13-11-6-9(11)10(12)5-4-8(11)3/h9H,1,3-6H2,2H3/q+1. The van der Waals surface area contributed by atoms with Crippen LogP contribution in [0, 0.1) is 0 Å². The molecule has 0 aromatic heterocycles. The molecule has 13 heavy (non-hydrogen) atoms. The number of Topliss-reactive ketones (excluding diaryl/α,β-unsaturated/α-hetero) is 1. The van der Waals surface area contributed by atoms with Gasteiger partial charge in [-0.3, -0.25) is 4.79 Å². The van der Waals surface area contributed by atoms with Gasteiger partial charge in [0.05, 0.1) is 0 Å². The predicted molar refractivity (Wildman–Crippen MR) is 48.2 cm³/mol. The second-order valence-electron chi connectivity index (χ2n) is 3.82. The summed E-state index contributed by atoms with van der Waals surface area (Å²) in [7, 11) is 0. The van der Waals surface area contributed by atoms with Gasteiger partial charge in [-0.2, -0.15) is 0 Å². The number of hydrogen-bond acceptors (Lipinski definition) is 2. The van der Waals surface area contributed by atoms with Crippen molar-refractivity contribution < 1.29 is 14.3 Å². The van der Waals surface area contributed by atoms with Crippen molar-refractivity contribution in [2.75, 3.05) is 6.54 Å². The van der Waals surface area contributed by atoms with Crippen LogP contribution in [0.15, 0.2) is 24.6 Å². The van der Waals surface area contributed by atoms with Gasteiger partial charge in [0.25, 0.3) is 0 Å². The maximum atomic E-state index is 11.4. The van der Waals surface area contributed by atoms with E-state index in [2.05, 4.69) is 13.2 Å². The maximum absolute atomic E-state index is 11.4. The van der Waals surface area contributed by atoms with Gasteiger partial charge in [0.1, 0.15) is 5.70 Å². The van der Waals surface area contributed by atoms with Crippen LogP contribution < -0.4 is 0 Å². The highest BCUT2D eigenvalue weighted by Gasteiger charge is 2.67. The van der Waals surface area contributed by atoms with Crippen molar-refractivity contribution in [3.05, 3.63) is 24.6 Å². The zero-order chi connectivity index (χ0) is 9.64. The summed E-state index contributed by atoms with van der Waals surface area (Å²) in [6, 6.07) is 0.0120. The van der Waals surface area contributed by atoms with E-state index in [0.717, 1.165) is 18.7 Å². The molecule has 0 radical (unpaired) electrons. The first-order valence-corrected chi connectivity index (χ1v) is 4.50. The Morgan fingerprint density at radius 1 is 1.62 bits per heavy atom. The van der Waals surface area contributed by atoms with Crippen LogP contribution >= 0.6 is 0 Å².